The second kappa shape index (κ2) is 7.07. The molecule has 1 atom stereocenters. The lowest BCUT2D eigenvalue weighted by atomic mass is 10.00. The summed E-state index contributed by atoms with van der Waals surface area (Å²) in [6.07, 6.45) is -5.06. The molecule has 21 heavy (non-hydrogen) atoms. The third-order valence-electron chi connectivity index (χ3n) is 2.55. The summed E-state index contributed by atoms with van der Waals surface area (Å²) >= 11 is 0. The van der Waals surface area contributed by atoms with Crippen molar-refractivity contribution >= 4 is 11.9 Å². The monoisotopic (exact) mass is 306 g/mol. The van der Waals surface area contributed by atoms with Gasteiger partial charge in [0.2, 0.25) is 0 Å². The van der Waals surface area contributed by atoms with E-state index in [0.717, 1.165) is 0 Å². The maximum absolute atomic E-state index is 11.8. The Balaban J connectivity index is 2.53. The lowest BCUT2D eigenvalue weighted by Crippen LogP contribution is -2.28. The zero-order chi connectivity index (χ0) is 16.0. The summed E-state index contributed by atoms with van der Waals surface area (Å²) in [6.45, 7) is 1.24. The van der Waals surface area contributed by atoms with Gasteiger partial charge in [0.05, 0.1) is 12.5 Å². The van der Waals surface area contributed by atoms with Crippen molar-refractivity contribution in [3.63, 3.8) is 0 Å². The van der Waals surface area contributed by atoms with Gasteiger partial charge in [-0.25, -0.2) is 19.4 Å². The Hall–Kier alpha value is -2.09. The van der Waals surface area contributed by atoms with Crippen LogP contribution in [-0.2, 0) is 32.4 Å². The van der Waals surface area contributed by atoms with Crippen LogP contribution < -0.4 is 0 Å². The number of benzene rings is 1. The van der Waals surface area contributed by atoms with Crippen molar-refractivity contribution in [2.45, 2.75) is 26.1 Å². The van der Waals surface area contributed by atoms with E-state index in [1.165, 1.54) is 6.92 Å². The van der Waals surface area contributed by atoms with Crippen LogP contribution in [0.4, 0.5) is 13.2 Å². The molecule has 1 N–H and O–H groups in total. The number of hydrogen-bond acceptors (Lipinski definition) is 5. The Morgan fingerprint density at radius 1 is 1.24 bits per heavy atom. The molecule has 1 unspecified atom stereocenters. The maximum atomic E-state index is 11.8. The van der Waals surface area contributed by atoms with Gasteiger partial charge in [-0.05, 0) is 17.5 Å². The standard InChI is InChI=1S/C13H13F3O5/c1-8(5-9-3-2-4-10(6-9)7-17)11(18)20-21-12(19)13(14,15)16/h2-4,6,8,17H,5,7H2,1H3. The van der Waals surface area contributed by atoms with Crippen molar-refractivity contribution in [1.29, 1.82) is 0 Å². The fourth-order valence-corrected chi connectivity index (χ4v) is 1.50. The highest BCUT2D eigenvalue weighted by Crippen LogP contribution is 2.17. The van der Waals surface area contributed by atoms with E-state index in [1.807, 2.05) is 0 Å². The van der Waals surface area contributed by atoms with Crippen LogP contribution in [0.5, 0.6) is 0 Å². The van der Waals surface area contributed by atoms with Crippen molar-refractivity contribution in [3.8, 4) is 0 Å². The van der Waals surface area contributed by atoms with E-state index in [4.69, 9.17) is 5.11 Å². The van der Waals surface area contributed by atoms with Gasteiger partial charge in [0.25, 0.3) is 0 Å². The number of carbonyl (C=O) groups excluding carboxylic acids is 2. The zero-order valence-corrected chi connectivity index (χ0v) is 11.0. The molecule has 8 heteroatoms. The molecule has 0 heterocycles. The second-order valence-electron chi connectivity index (χ2n) is 4.35. The quantitative estimate of drug-likeness (QED) is 0.679. The Morgan fingerprint density at radius 2 is 1.86 bits per heavy atom. The van der Waals surface area contributed by atoms with Gasteiger partial charge in [0, 0.05) is 0 Å². The number of alkyl halides is 3. The normalized spacial score (nSPS) is 12.6. The molecule has 0 aromatic heterocycles. The lowest BCUT2D eigenvalue weighted by molar-refractivity contribution is -0.287. The predicted molar refractivity (Wildman–Crippen MR) is 63.5 cm³/mol. The van der Waals surface area contributed by atoms with Gasteiger partial charge in [-0.1, -0.05) is 31.2 Å². The van der Waals surface area contributed by atoms with Crippen molar-refractivity contribution in [1.82, 2.24) is 0 Å². The Kier molecular flexibility index (Phi) is 5.71. The summed E-state index contributed by atoms with van der Waals surface area (Å²) in [5.41, 5.74) is 1.32. The Labute approximate surface area is 118 Å². The van der Waals surface area contributed by atoms with Crippen molar-refractivity contribution in [3.05, 3.63) is 35.4 Å². The first-order valence-corrected chi connectivity index (χ1v) is 5.92. The molecule has 0 saturated carbocycles. The van der Waals surface area contributed by atoms with Crippen LogP contribution in [0.2, 0.25) is 0 Å². The van der Waals surface area contributed by atoms with Gasteiger partial charge in [0.15, 0.2) is 0 Å². The lowest BCUT2D eigenvalue weighted by Gasteiger charge is -2.11. The van der Waals surface area contributed by atoms with Gasteiger partial charge in [0.1, 0.15) is 0 Å². The number of aliphatic hydroxyl groups excluding tert-OH is 1. The fraction of sp³-hybridized carbons (Fsp3) is 0.385. The maximum Gasteiger partial charge on any atom is 0.495 e. The van der Waals surface area contributed by atoms with Gasteiger partial charge in [-0.3, -0.25) is 0 Å². The van der Waals surface area contributed by atoms with E-state index in [0.29, 0.717) is 11.1 Å². The molecule has 0 fully saturated rings. The topological polar surface area (TPSA) is 72.8 Å². The molecule has 0 bridgehead atoms. The highest BCUT2D eigenvalue weighted by molar-refractivity contribution is 5.77. The minimum absolute atomic E-state index is 0.163. The van der Waals surface area contributed by atoms with E-state index in [9.17, 15) is 22.8 Å². The largest absolute Gasteiger partial charge is 0.495 e. The van der Waals surface area contributed by atoms with Gasteiger partial charge < -0.3 is 5.11 Å². The summed E-state index contributed by atoms with van der Waals surface area (Å²) in [4.78, 5) is 29.1. The van der Waals surface area contributed by atoms with E-state index in [1.54, 1.807) is 24.3 Å². The van der Waals surface area contributed by atoms with Crippen LogP contribution in [0.1, 0.15) is 18.1 Å². The molecule has 1 aromatic rings. The molecule has 116 valence electrons. The summed E-state index contributed by atoms with van der Waals surface area (Å²) in [5, 5.41) is 8.97. The molecule has 5 nitrogen and oxygen atoms in total. The summed E-state index contributed by atoms with van der Waals surface area (Å²) in [7, 11) is 0. The van der Waals surface area contributed by atoms with Crippen LogP contribution in [0.3, 0.4) is 0 Å². The summed E-state index contributed by atoms with van der Waals surface area (Å²) in [6, 6.07) is 6.68. The molecular weight excluding hydrogens is 293 g/mol. The smallest absolute Gasteiger partial charge is 0.392 e. The minimum atomic E-state index is -5.22. The SMILES string of the molecule is CC(Cc1cccc(CO)c1)C(=O)OOC(=O)C(F)(F)F. The molecule has 1 aromatic carbocycles. The zero-order valence-electron chi connectivity index (χ0n) is 11.0. The van der Waals surface area contributed by atoms with Crippen LogP contribution in [0, 0.1) is 5.92 Å². The molecule has 0 aliphatic carbocycles. The van der Waals surface area contributed by atoms with E-state index < -0.39 is 24.0 Å². The number of carbonyl (C=O) groups is 2. The number of aliphatic hydroxyl groups is 1. The van der Waals surface area contributed by atoms with Gasteiger partial charge >= 0.3 is 18.1 Å². The third-order valence-corrected chi connectivity index (χ3v) is 2.55. The summed E-state index contributed by atoms with van der Waals surface area (Å²) in [5.74, 6) is -4.51. The number of halogens is 3. The first-order valence-electron chi connectivity index (χ1n) is 5.92. The first kappa shape index (κ1) is 17.0. The van der Waals surface area contributed by atoms with Gasteiger partial charge in [-0.15, -0.1) is 0 Å². The van der Waals surface area contributed by atoms with E-state index in [2.05, 4.69) is 9.78 Å². The minimum Gasteiger partial charge on any atom is -0.392 e. The average Bonchev–Trinajstić information content (AvgIpc) is 2.43. The molecule has 0 aliphatic heterocycles. The first-order chi connectivity index (χ1) is 9.74. The highest BCUT2D eigenvalue weighted by Gasteiger charge is 2.43. The third kappa shape index (κ3) is 5.42. The van der Waals surface area contributed by atoms with Crippen LogP contribution >= 0.6 is 0 Å². The van der Waals surface area contributed by atoms with Crippen molar-refractivity contribution < 1.29 is 37.6 Å². The Bertz CT molecular complexity index is 513. The molecule has 0 amide bonds. The Morgan fingerprint density at radius 3 is 2.43 bits per heavy atom. The van der Waals surface area contributed by atoms with Crippen LogP contribution in [-0.4, -0.2) is 23.2 Å². The second-order valence-corrected chi connectivity index (χ2v) is 4.35. The molecular formula is C13H13F3O5. The predicted octanol–water partition coefficient (Wildman–Crippen LogP) is 1.92. The van der Waals surface area contributed by atoms with E-state index in [-0.39, 0.29) is 13.0 Å². The van der Waals surface area contributed by atoms with Crippen LogP contribution in [0.15, 0.2) is 24.3 Å². The fourth-order valence-electron chi connectivity index (χ4n) is 1.50. The van der Waals surface area contributed by atoms with Crippen LogP contribution in [0.25, 0.3) is 0 Å². The molecule has 0 saturated heterocycles. The molecule has 0 spiro atoms. The molecule has 0 radical (unpaired) electrons. The van der Waals surface area contributed by atoms with Crippen molar-refractivity contribution in [2.24, 2.45) is 5.92 Å². The molecule has 1 rings (SSSR count). The van der Waals surface area contributed by atoms with Crippen molar-refractivity contribution in [2.75, 3.05) is 0 Å². The van der Waals surface area contributed by atoms with Gasteiger partial charge in [-0.2, -0.15) is 13.2 Å². The molecule has 0 aliphatic rings. The number of rotatable bonds is 4. The average molecular weight is 306 g/mol. The van der Waals surface area contributed by atoms with E-state index >= 15 is 0 Å². The summed E-state index contributed by atoms with van der Waals surface area (Å²) < 4.78 is 35.5. The highest BCUT2D eigenvalue weighted by atomic mass is 19.4. The number of hydrogen-bond donors (Lipinski definition) is 1.